The molecular formula is C26H25N3O3. The molecule has 3 aromatic rings. The SMILES string of the molecule is COC(=O)c1ccncc1CC[C@@H]1CCOc2cc(N(C)c3cccc(C#N)c3)ccc21. The van der Waals surface area contributed by atoms with Crippen molar-refractivity contribution in [2.24, 2.45) is 0 Å². The number of ether oxygens (including phenoxy) is 2. The number of esters is 1. The number of rotatable bonds is 6. The number of nitrogens with zero attached hydrogens (tertiary/aromatic N) is 3. The molecule has 1 atom stereocenters. The van der Waals surface area contributed by atoms with E-state index in [4.69, 9.17) is 9.47 Å². The maximum atomic E-state index is 12.0. The standard InChI is InChI=1S/C26H25N3O3/c1-29(21-5-3-4-18(14-21)16-27)22-8-9-23-19(11-13-32-25(23)15-22)6-7-20-17-28-12-10-24(20)26(30)31-2/h3-5,8-10,12,14-15,17,19H,6-7,11,13H2,1-2H3/t19-/m1/s1. The molecule has 0 bridgehead atoms. The Balaban J connectivity index is 1.53. The highest BCUT2D eigenvalue weighted by Crippen LogP contribution is 2.39. The van der Waals surface area contributed by atoms with Crippen molar-refractivity contribution < 1.29 is 14.3 Å². The third kappa shape index (κ3) is 4.42. The Morgan fingerprint density at radius 1 is 1.25 bits per heavy atom. The summed E-state index contributed by atoms with van der Waals surface area (Å²) in [4.78, 5) is 18.3. The minimum atomic E-state index is -0.331. The fourth-order valence-electron chi connectivity index (χ4n) is 4.16. The number of anilines is 2. The van der Waals surface area contributed by atoms with E-state index in [1.165, 1.54) is 12.7 Å². The van der Waals surface area contributed by atoms with Crippen LogP contribution < -0.4 is 9.64 Å². The Bertz CT molecular complexity index is 1170. The van der Waals surface area contributed by atoms with Crippen molar-refractivity contribution in [2.75, 3.05) is 25.7 Å². The van der Waals surface area contributed by atoms with E-state index < -0.39 is 0 Å². The lowest BCUT2D eigenvalue weighted by Gasteiger charge is -2.28. The number of nitriles is 1. The second-order valence-electron chi connectivity index (χ2n) is 7.84. The normalized spacial score (nSPS) is 14.6. The molecule has 2 heterocycles. The molecule has 0 spiro atoms. The molecule has 0 unspecified atom stereocenters. The molecule has 0 aliphatic carbocycles. The van der Waals surface area contributed by atoms with Crippen molar-refractivity contribution in [1.29, 1.82) is 5.26 Å². The molecule has 6 nitrogen and oxygen atoms in total. The summed E-state index contributed by atoms with van der Waals surface area (Å²) >= 11 is 0. The predicted molar refractivity (Wildman–Crippen MR) is 122 cm³/mol. The molecule has 0 N–H and O–H groups in total. The van der Waals surface area contributed by atoms with Crippen molar-refractivity contribution >= 4 is 17.3 Å². The van der Waals surface area contributed by atoms with E-state index in [0.717, 1.165) is 42.0 Å². The van der Waals surface area contributed by atoms with Crippen LogP contribution in [0.2, 0.25) is 0 Å². The van der Waals surface area contributed by atoms with Gasteiger partial charge in [0.1, 0.15) is 5.75 Å². The summed E-state index contributed by atoms with van der Waals surface area (Å²) in [5.41, 5.74) is 5.24. The van der Waals surface area contributed by atoms with Gasteiger partial charge in [0, 0.05) is 36.9 Å². The Labute approximate surface area is 188 Å². The first-order chi connectivity index (χ1) is 15.6. The van der Waals surface area contributed by atoms with Gasteiger partial charge in [0.2, 0.25) is 0 Å². The quantitative estimate of drug-likeness (QED) is 0.515. The van der Waals surface area contributed by atoms with Gasteiger partial charge < -0.3 is 14.4 Å². The second-order valence-corrected chi connectivity index (χ2v) is 7.84. The first-order valence-corrected chi connectivity index (χ1v) is 10.6. The number of fused-ring (bicyclic) bond motifs is 1. The van der Waals surface area contributed by atoms with Crippen LogP contribution in [-0.2, 0) is 11.2 Å². The third-order valence-electron chi connectivity index (χ3n) is 5.98. The zero-order chi connectivity index (χ0) is 22.5. The molecule has 0 fully saturated rings. The number of methoxy groups -OCH3 is 1. The van der Waals surface area contributed by atoms with Crippen LogP contribution in [0.3, 0.4) is 0 Å². The van der Waals surface area contributed by atoms with E-state index in [0.29, 0.717) is 23.7 Å². The summed E-state index contributed by atoms with van der Waals surface area (Å²) in [6.07, 6.45) is 5.93. The molecule has 6 heteroatoms. The van der Waals surface area contributed by atoms with Gasteiger partial charge in [-0.25, -0.2) is 4.79 Å². The predicted octanol–water partition coefficient (Wildman–Crippen LogP) is 5.01. The third-order valence-corrected chi connectivity index (χ3v) is 5.98. The molecule has 32 heavy (non-hydrogen) atoms. The lowest BCUT2D eigenvalue weighted by Crippen LogP contribution is -2.17. The Kier molecular flexibility index (Phi) is 6.37. The molecule has 2 aromatic carbocycles. The van der Waals surface area contributed by atoms with Gasteiger partial charge in [-0.05, 0) is 66.6 Å². The average Bonchev–Trinajstić information content (AvgIpc) is 2.86. The number of carbonyl (C=O) groups excluding carboxylic acids is 1. The maximum Gasteiger partial charge on any atom is 0.338 e. The van der Waals surface area contributed by atoms with Crippen LogP contribution in [0, 0.1) is 11.3 Å². The summed E-state index contributed by atoms with van der Waals surface area (Å²) < 4.78 is 10.9. The molecule has 0 radical (unpaired) electrons. The number of aryl methyl sites for hydroxylation is 1. The Morgan fingerprint density at radius 3 is 2.91 bits per heavy atom. The molecular weight excluding hydrogens is 402 g/mol. The van der Waals surface area contributed by atoms with Crippen LogP contribution >= 0.6 is 0 Å². The van der Waals surface area contributed by atoms with Crippen LogP contribution in [0.1, 0.15) is 45.8 Å². The molecule has 162 valence electrons. The number of aromatic nitrogens is 1. The molecule has 0 saturated heterocycles. The lowest BCUT2D eigenvalue weighted by atomic mass is 9.87. The first kappa shape index (κ1) is 21.4. The summed E-state index contributed by atoms with van der Waals surface area (Å²) in [7, 11) is 3.38. The molecule has 0 saturated carbocycles. The molecule has 1 aliphatic rings. The Hall–Kier alpha value is -3.85. The zero-order valence-electron chi connectivity index (χ0n) is 18.2. The fraction of sp³-hybridized carbons (Fsp3) is 0.269. The summed E-state index contributed by atoms with van der Waals surface area (Å²) in [5, 5.41) is 9.18. The average molecular weight is 428 g/mol. The van der Waals surface area contributed by atoms with Crippen LogP contribution in [0.25, 0.3) is 0 Å². The van der Waals surface area contributed by atoms with E-state index >= 15 is 0 Å². The van der Waals surface area contributed by atoms with Crippen LogP contribution in [-0.4, -0.2) is 31.7 Å². The van der Waals surface area contributed by atoms with Crippen molar-refractivity contribution in [3.05, 3.63) is 83.2 Å². The minimum absolute atomic E-state index is 0.331. The molecule has 0 amide bonds. The Morgan fingerprint density at radius 2 is 2.09 bits per heavy atom. The van der Waals surface area contributed by atoms with Gasteiger partial charge in [0.25, 0.3) is 0 Å². The number of hydrogen-bond acceptors (Lipinski definition) is 6. The first-order valence-electron chi connectivity index (χ1n) is 10.6. The fourth-order valence-corrected chi connectivity index (χ4v) is 4.16. The second kappa shape index (κ2) is 9.52. The smallest absolute Gasteiger partial charge is 0.338 e. The number of carbonyl (C=O) groups is 1. The summed E-state index contributed by atoms with van der Waals surface area (Å²) in [6.45, 7) is 0.658. The van der Waals surface area contributed by atoms with E-state index in [1.54, 1.807) is 24.5 Å². The van der Waals surface area contributed by atoms with E-state index in [-0.39, 0.29) is 5.97 Å². The van der Waals surface area contributed by atoms with Gasteiger partial charge in [-0.3, -0.25) is 4.98 Å². The van der Waals surface area contributed by atoms with Gasteiger partial charge in [-0.15, -0.1) is 0 Å². The number of hydrogen-bond donors (Lipinski definition) is 0. The highest BCUT2D eigenvalue weighted by molar-refractivity contribution is 5.90. The topological polar surface area (TPSA) is 75.5 Å². The minimum Gasteiger partial charge on any atom is -0.493 e. The molecule has 1 aromatic heterocycles. The van der Waals surface area contributed by atoms with Crippen LogP contribution in [0.4, 0.5) is 11.4 Å². The maximum absolute atomic E-state index is 12.0. The largest absolute Gasteiger partial charge is 0.493 e. The van der Waals surface area contributed by atoms with Crippen molar-refractivity contribution in [3.63, 3.8) is 0 Å². The lowest BCUT2D eigenvalue weighted by molar-refractivity contribution is 0.0599. The number of pyridine rings is 1. The van der Waals surface area contributed by atoms with Crippen molar-refractivity contribution in [3.8, 4) is 11.8 Å². The van der Waals surface area contributed by atoms with Gasteiger partial charge in [-0.1, -0.05) is 12.1 Å². The molecule has 1 aliphatic heterocycles. The van der Waals surface area contributed by atoms with Crippen LogP contribution in [0.15, 0.2) is 60.9 Å². The number of benzene rings is 2. The van der Waals surface area contributed by atoms with Crippen LogP contribution in [0.5, 0.6) is 5.75 Å². The van der Waals surface area contributed by atoms with Gasteiger partial charge in [0.15, 0.2) is 0 Å². The van der Waals surface area contributed by atoms with Gasteiger partial charge >= 0.3 is 5.97 Å². The van der Waals surface area contributed by atoms with Crippen molar-refractivity contribution in [2.45, 2.75) is 25.2 Å². The van der Waals surface area contributed by atoms with Crippen molar-refractivity contribution in [1.82, 2.24) is 4.98 Å². The highest BCUT2D eigenvalue weighted by atomic mass is 16.5. The monoisotopic (exact) mass is 427 g/mol. The van der Waals surface area contributed by atoms with Gasteiger partial charge in [-0.2, -0.15) is 5.26 Å². The van der Waals surface area contributed by atoms with E-state index in [9.17, 15) is 10.1 Å². The zero-order valence-corrected chi connectivity index (χ0v) is 18.2. The van der Waals surface area contributed by atoms with Gasteiger partial charge in [0.05, 0.1) is 30.9 Å². The van der Waals surface area contributed by atoms with E-state index in [1.807, 2.05) is 30.1 Å². The summed E-state index contributed by atoms with van der Waals surface area (Å²) in [5.74, 6) is 0.898. The van der Waals surface area contributed by atoms with E-state index in [2.05, 4.69) is 29.3 Å². The molecule has 4 rings (SSSR count). The highest BCUT2D eigenvalue weighted by Gasteiger charge is 2.23. The summed E-state index contributed by atoms with van der Waals surface area (Å²) in [6, 6.07) is 17.7.